The molecular formula is C10H5CoO8-. The fraction of sp³-hybridized carbons (Fsp3) is 0. The SMILES string of the molecule is O=C(O)c1[c-]cc(C(=O)O)c(C(=O)O)c1C(=O)O.[Co]. The first-order valence-corrected chi connectivity index (χ1v) is 4.29. The molecule has 0 fully saturated rings. The van der Waals surface area contributed by atoms with Crippen molar-refractivity contribution in [3.8, 4) is 0 Å². The third-order valence-electron chi connectivity index (χ3n) is 2.00. The number of aromatic carboxylic acids is 4. The summed E-state index contributed by atoms with van der Waals surface area (Å²) in [5, 5.41) is 35.1. The molecule has 0 aliphatic carbocycles. The minimum Gasteiger partial charge on any atom is -0.521 e. The number of carbonyl (C=O) groups is 4. The summed E-state index contributed by atoms with van der Waals surface area (Å²) in [5.41, 5.74) is -3.96. The second kappa shape index (κ2) is 5.97. The van der Waals surface area contributed by atoms with Crippen LogP contribution in [0.2, 0.25) is 0 Å². The molecule has 1 radical (unpaired) electrons. The van der Waals surface area contributed by atoms with E-state index in [1.807, 2.05) is 6.07 Å². The summed E-state index contributed by atoms with van der Waals surface area (Å²) in [7, 11) is 0. The number of hydrogen-bond acceptors (Lipinski definition) is 4. The standard InChI is InChI=1S/C10H5O8.Co/c11-7(12)3-1-2-4(8(13)14)6(10(17)18)5(3)9(15)16;/h1H,(H,11,12)(H,13,14)(H,15,16)(H,17,18);/q-1;. The maximum atomic E-state index is 10.9. The van der Waals surface area contributed by atoms with Crippen molar-refractivity contribution in [1.29, 1.82) is 0 Å². The van der Waals surface area contributed by atoms with Crippen molar-refractivity contribution in [2.24, 2.45) is 0 Å². The molecule has 0 aromatic heterocycles. The fourth-order valence-electron chi connectivity index (χ4n) is 1.32. The van der Waals surface area contributed by atoms with Crippen LogP contribution in [0.5, 0.6) is 0 Å². The molecule has 1 aromatic rings. The van der Waals surface area contributed by atoms with Crippen LogP contribution in [-0.4, -0.2) is 44.3 Å². The Morgan fingerprint density at radius 3 is 1.58 bits per heavy atom. The molecule has 0 saturated heterocycles. The quantitative estimate of drug-likeness (QED) is 0.579. The number of hydrogen-bond donors (Lipinski definition) is 4. The Morgan fingerprint density at radius 2 is 1.26 bits per heavy atom. The van der Waals surface area contributed by atoms with Crippen LogP contribution in [0.1, 0.15) is 41.4 Å². The van der Waals surface area contributed by atoms with Gasteiger partial charge in [-0.1, -0.05) is 5.56 Å². The van der Waals surface area contributed by atoms with Crippen LogP contribution >= 0.6 is 0 Å². The van der Waals surface area contributed by atoms with Crippen LogP contribution in [-0.2, 0) is 16.8 Å². The first-order chi connectivity index (χ1) is 8.27. The van der Waals surface area contributed by atoms with Gasteiger partial charge in [0.25, 0.3) is 11.9 Å². The molecule has 0 saturated carbocycles. The first-order valence-electron chi connectivity index (χ1n) is 4.29. The van der Waals surface area contributed by atoms with Crippen LogP contribution in [0.15, 0.2) is 6.07 Å². The summed E-state index contributed by atoms with van der Waals surface area (Å²) in [6, 6.07) is 2.55. The van der Waals surface area contributed by atoms with Gasteiger partial charge in [-0.05, 0) is 11.1 Å². The van der Waals surface area contributed by atoms with E-state index in [1.54, 1.807) is 0 Å². The Balaban J connectivity index is 0.00000324. The van der Waals surface area contributed by atoms with Crippen LogP contribution < -0.4 is 0 Å². The van der Waals surface area contributed by atoms with E-state index >= 15 is 0 Å². The number of benzene rings is 1. The van der Waals surface area contributed by atoms with E-state index in [9.17, 15) is 19.2 Å². The average Bonchev–Trinajstić information content (AvgIpc) is 2.26. The molecule has 0 aliphatic heterocycles. The molecule has 8 nitrogen and oxygen atoms in total. The van der Waals surface area contributed by atoms with Crippen molar-refractivity contribution in [3.05, 3.63) is 34.4 Å². The Kier molecular flexibility index (Phi) is 5.22. The van der Waals surface area contributed by atoms with E-state index in [0.717, 1.165) is 0 Å². The van der Waals surface area contributed by atoms with Gasteiger partial charge in [0.05, 0.1) is 0 Å². The molecule has 19 heavy (non-hydrogen) atoms. The van der Waals surface area contributed by atoms with Gasteiger partial charge in [-0.2, -0.15) is 0 Å². The normalized spacial score (nSPS) is 9.26. The molecule has 1 rings (SSSR count). The van der Waals surface area contributed by atoms with Gasteiger partial charge in [0, 0.05) is 22.3 Å². The molecule has 0 aliphatic rings. The first kappa shape index (κ1) is 16.6. The summed E-state index contributed by atoms with van der Waals surface area (Å²) in [6.07, 6.45) is 0. The number of rotatable bonds is 4. The van der Waals surface area contributed by atoms with Crippen LogP contribution in [0, 0.1) is 6.07 Å². The predicted molar refractivity (Wildman–Crippen MR) is 53.1 cm³/mol. The van der Waals surface area contributed by atoms with Gasteiger partial charge in [0.15, 0.2) is 0 Å². The van der Waals surface area contributed by atoms with Crippen LogP contribution in [0.4, 0.5) is 0 Å². The van der Waals surface area contributed by atoms with E-state index in [1.165, 1.54) is 0 Å². The van der Waals surface area contributed by atoms with Crippen molar-refractivity contribution in [2.45, 2.75) is 0 Å². The van der Waals surface area contributed by atoms with Gasteiger partial charge in [0.2, 0.25) is 5.97 Å². The molecule has 9 heteroatoms. The third-order valence-corrected chi connectivity index (χ3v) is 2.00. The molecule has 0 bridgehead atoms. The molecule has 103 valence electrons. The zero-order valence-electron chi connectivity index (χ0n) is 8.83. The molecule has 1 aromatic carbocycles. The Labute approximate surface area is 115 Å². The minimum atomic E-state index is -1.86. The van der Waals surface area contributed by atoms with E-state index in [2.05, 4.69) is 0 Å². The minimum absolute atomic E-state index is 0. The second-order valence-electron chi connectivity index (χ2n) is 3.05. The summed E-state index contributed by atoms with van der Waals surface area (Å²) >= 11 is 0. The third kappa shape index (κ3) is 3.08. The molecule has 0 amide bonds. The van der Waals surface area contributed by atoms with Gasteiger partial charge in [-0.25, -0.2) is 4.79 Å². The molecule has 0 unspecified atom stereocenters. The topological polar surface area (TPSA) is 149 Å². The van der Waals surface area contributed by atoms with Gasteiger partial charge < -0.3 is 25.2 Å². The molecule has 0 spiro atoms. The average molecular weight is 312 g/mol. The molecule has 0 atom stereocenters. The number of carboxylic acids is 4. The predicted octanol–water partition coefficient (Wildman–Crippen LogP) is 0.277. The summed E-state index contributed by atoms with van der Waals surface area (Å²) < 4.78 is 0. The van der Waals surface area contributed by atoms with Crippen molar-refractivity contribution < 1.29 is 56.4 Å². The second-order valence-corrected chi connectivity index (χ2v) is 3.05. The van der Waals surface area contributed by atoms with Crippen molar-refractivity contribution in [3.63, 3.8) is 0 Å². The van der Waals surface area contributed by atoms with Crippen LogP contribution in [0.3, 0.4) is 0 Å². The Bertz CT molecular complexity index is 526. The van der Waals surface area contributed by atoms with E-state index in [4.69, 9.17) is 20.4 Å². The maximum absolute atomic E-state index is 10.9. The van der Waals surface area contributed by atoms with Crippen LogP contribution in [0.25, 0.3) is 0 Å². The zero-order chi connectivity index (χ0) is 14.0. The van der Waals surface area contributed by atoms with E-state index in [0.29, 0.717) is 6.07 Å². The molecular weight excluding hydrogens is 307 g/mol. The summed E-state index contributed by atoms with van der Waals surface area (Å²) in [6.45, 7) is 0. The monoisotopic (exact) mass is 312 g/mol. The Hall–Kier alpha value is -2.39. The van der Waals surface area contributed by atoms with Gasteiger partial charge >= 0.3 is 5.97 Å². The van der Waals surface area contributed by atoms with Crippen molar-refractivity contribution in [2.75, 3.05) is 0 Å². The van der Waals surface area contributed by atoms with Gasteiger partial charge in [0.1, 0.15) is 0 Å². The summed E-state index contributed by atoms with van der Waals surface area (Å²) in [4.78, 5) is 43.3. The maximum Gasteiger partial charge on any atom is 0.318 e. The zero-order valence-corrected chi connectivity index (χ0v) is 9.87. The summed E-state index contributed by atoms with van der Waals surface area (Å²) in [5.74, 6) is -7.11. The van der Waals surface area contributed by atoms with Crippen molar-refractivity contribution >= 4 is 23.9 Å². The van der Waals surface area contributed by atoms with E-state index in [-0.39, 0.29) is 16.8 Å². The number of carboxylic acid groups (broad SMARTS) is 4. The largest absolute Gasteiger partial charge is 0.521 e. The smallest absolute Gasteiger partial charge is 0.318 e. The molecule has 0 heterocycles. The van der Waals surface area contributed by atoms with E-state index < -0.39 is 46.1 Å². The van der Waals surface area contributed by atoms with Gasteiger partial charge in [-0.15, -0.1) is 12.1 Å². The fourth-order valence-corrected chi connectivity index (χ4v) is 1.32. The van der Waals surface area contributed by atoms with Crippen molar-refractivity contribution in [1.82, 2.24) is 0 Å². The van der Waals surface area contributed by atoms with Gasteiger partial charge in [-0.3, -0.25) is 9.59 Å². The molecule has 4 N–H and O–H groups in total. The Morgan fingerprint density at radius 1 is 0.789 bits per heavy atom.